The molecule has 1 heterocycles. The molecule has 3 rings (SSSR count). The quantitative estimate of drug-likeness (QED) is 0.629. The average Bonchev–Trinajstić information content (AvgIpc) is 2.93. The zero-order chi connectivity index (χ0) is 20.3. The zero-order valence-electron chi connectivity index (χ0n) is 15.4. The van der Waals surface area contributed by atoms with Crippen molar-refractivity contribution in [3.63, 3.8) is 0 Å². The highest BCUT2D eigenvalue weighted by Gasteiger charge is 2.12. The summed E-state index contributed by atoms with van der Waals surface area (Å²) in [5.41, 5.74) is 1.61. The number of amides is 1. The van der Waals surface area contributed by atoms with Gasteiger partial charge in [0.1, 0.15) is 5.75 Å². The van der Waals surface area contributed by atoms with Crippen LogP contribution < -0.4 is 15.8 Å². The number of benzene rings is 2. The van der Waals surface area contributed by atoms with Crippen molar-refractivity contribution in [1.29, 1.82) is 0 Å². The van der Waals surface area contributed by atoms with E-state index >= 15 is 0 Å². The Labute approximate surface area is 171 Å². The lowest BCUT2D eigenvalue weighted by atomic mass is 10.2. The molecule has 0 atom stereocenters. The van der Waals surface area contributed by atoms with Crippen molar-refractivity contribution >= 4 is 45.9 Å². The number of aromatic nitrogens is 1. The van der Waals surface area contributed by atoms with Gasteiger partial charge in [0.2, 0.25) is 0 Å². The molecule has 0 saturated heterocycles. The fourth-order valence-electron chi connectivity index (χ4n) is 2.58. The number of ether oxygens (including phenoxy) is 1. The molecule has 0 aliphatic carbocycles. The first kappa shape index (κ1) is 20.3. The molecule has 0 fully saturated rings. The van der Waals surface area contributed by atoms with Gasteiger partial charge in [0, 0.05) is 23.8 Å². The van der Waals surface area contributed by atoms with Crippen LogP contribution in [0.3, 0.4) is 0 Å². The number of hydrogen-bond acceptors (Lipinski definition) is 5. The summed E-state index contributed by atoms with van der Waals surface area (Å²) >= 11 is 11.9. The molecule has 1 amide bonds. The van der Waals surface area contributed by atoms with Crippen LogP contribution in [0.25, 0.3) is 11.1 Å². The predicted molar refractivity (Wildman–Crippen MR) is 110 cm³/mol. The maximum absolute atomic E-state index is 12.2. The zero-order valence-corrected chi connectivity index (χ0v) is 16.9. The molecule has 0 saturated carbocycles. The molecular formula is C19H19Cl2N3O4. The Morgan fingerprint density at radius 2 is 2.00 bits per heavy atom. The number of carbonyl (C=O) groups excluding carboxylic acids is 1. The van der Waals surface area contributed by atoms with Gasteiger partial charge < -0.3 is 19.4 Å². The molecule has 3 aromatic rings. The van der Waals surface area contributed by atoms with Crippen LogP contribution in [0.5, 0.6) is 5.75 Å². The second kappa shape index (κ2) is 8.68. The van der Waals surface area contributed by atoms with Gasteiger partial charge in [-0.15, -0.1) is 0 Å². The molecule has 2 aromatic carbocycles. The van der Waals surface area contributed by atoms with E-state index in [-0.39, 0.29) is 12.5 Å². The first-order valence-corrected chi connectivity index (χ1v) is 9.25. The Balaban J connectivity index is 1.70. The second-order valence-electron chi connectivity index (χ2n) is 6.42. The van der Waals surface area contributed by atoms with Gasteiger partial charge in [-0.25, -0.2) is 4.79 Å². The summed E-state index contributed by atoms with van der Waals surface area (Å²) in [7, 11) is 3.85. The predicted octanol–water partition coefficient (Wildman–Crippen LogP) is 3.48. The van der Waals surface area contributed by atoms with E-state index in [1.54, 1.807) is 30.3 Å². The molecule has 28 heavy (non-hydrogen) atoms. The van der Waals surface area contributed by atoms with E-state index < -0.39 is 5.76 Å². The number of halogens is 2. The number of rotatable bonds is 7. The van der Waals surface area contributed by atoms with Gasteiger partial charge in [0.05, 0.1) is 10.5 Å². The number of oxazole rings is 1. The molecule has 0 bridgehead atoms. The standard InChI is InChI=1S/C19H19Cl2N3O4/c1-23(2)7-8-24-15-10-13(4-6-17(15)28-19(24)26)22-18(25)11-27-16-5-3-12(20)9-14(16)21/h3-6,9-10H,7-8,11H2,1-2H3,(H,22,25). The third-order valence-corrected chi connectivity index (χ3v) is 4.51. The van der Waals surface area contributed by atoms with Gasteiger partial charge >= 0.3 is 5.76 Å². The summed E-state index contributed by atoms with van der Waals surface area (Å²) in [5, 5.41) is 3.54. The van der Waals surface area contributed by atoms with Gasteiger partial charge in [-0.1, -0.05) is 23.2 Å². The van der Waals surface area contributed by atoms with E-state index in [1.165, 1.54) is 10.6 Å². The highest BCUT2D eigenvalue weighted by atomic mass is 35.5. The van der Waals surface area contributed by atoms with Crippen molar-refractivity contribution < 1.29 is 13.9 Å². The molecule has 9 heteroatoms. The lowest BCUT2D eigenvalue weighted by molar-refractivity contribution is -0.118. The van der Waals surface area contributed by atoms with E-state index in [0.717, 1.165) is 0 Å². The van der Waals surface area contributed by atoms with E-state index in [1.807, 2.05) is 19.0 Å². The third-order valence-electron chi connectivity index (χ3n) is 3.97. The van der Waals surface area contributed by atoms with Gasteiger partial charge in [-0.2, -0.15) is 0 Å². The first-order chi connectivity index (χ1) is 13.3. The third kappa shape index (κ3) is 4.86. The minimum atomic E-state index is -0.430. The normalized spacial score (nSPS) is 11.2. The summed E-state index contributed by atoms with van der Waals surface area (Å²) in [5.74, 6) is -0.430. The Morgan fingerprint density at radius 1 is 1.21 bits per heavy atom. The number of likely N-dealkylation sites (N-methyl/N-ethyl adjacent to an activating group) is 1. The summed E-state index contributed by atoms with van der Waals surface area (Å²) in [6.07, 6.45) is 0. The number of anilines is 1. The SMILES string of the molecule is CN(C)CCn1c(=O)oc2ccc(NC(=O)COc3ccc(Cl)cc3Cl)cc21. The maximum atomic E-state index is 12.2. The van der Waals surface area contributed by atoms with Crippen LogP contribution in [0.2, 0.25) is 10.0 Å². The van der Waals surface area contributed by atoms with Crippen molar-refractivity contribution in [2.45, 2.75) is 6.54 Å². The number of nitrogens with one attached hydrogen (secondary N) is 1. The molecular weight excluding hydrogens is 405 g/mol. The molecule has 0 spiro atoms. The monoisotopic (exact) mass is 423 g/mol. The molecule has 0 radical (unpaired) electrons. The molecule has 1 N–H and O–H groups in total. The van der Waals surface area contributed by atoms with E-state index in [2.05, 4.69) is 5.32 Å². The van der Waals surface area contributed by atoms with Crippen LogP contribution in [0.1, 0.15) is 0 Å². The van der Waals surface area contributed by atoms with E-state index in [4.69, 9.17) is 32.4 Å². The van der Waals surface area contributed by atoms with Crippen LogP contribution in [-0.4, -0.2) is 42.6 Å². The van der Waals surface area contributed by atoms with Crippen LogP contribution in [0, 0.1) is 0 Å². The topological polar surface area (TPSA) is 76.7 Å². The first-order valence-electron chi connectivity index (χ1n) is 8.49. The van der Waals surface area contributed by atoms with Crippen LogP contribution in [-0.2, 0) is 11.3 Å². The fourth-order valence-corrected chi connectivity index (χ4v) is 3.05. The van der Waals surface area contributed by atoms with Crippen LogP contribution in [0.4, 0.5) is 5.69 Å². The average molecular weight is 424 g/mol. The lowest BCUT2D eigenvalue weighted by Crippen LogP contribution is -2.23. The molecule has 0 aliphatic heterocycles. The fraction of sp³-hybridized carbons (Fsp3) is 0.263. The summed E-state index contributed by atoms with van der Waals surface area (Å²) in [6, 6.07) is 9.77. The second-order valence-corrected chi connectivity index (χ2v) is 7.26. The van der Waals surface area contributed by atoms with Crippen molar-refractivity contribution in [3.8, 4) is 5.75 Å². The number of carbonyl (C=O) groups is 1. The van der Waals surface area contributed by atoms with Crippen molar-refractivity contribution in [1.82, 2.24) is 9.47 Å². The summed E-state index contributed by atoms with van der Waals surface area (Å²) < 4.78 is 12.2. The number of fused-ring (bicyclic) bond motifs is 1. The van der Waals surface area contributed by atoms with Crippen molar-refractivity contribution in [2.75, 3.05) is 32.6 Å². The number of hydrogen-bond donors (Lipinski definition) is 1. The molecule has 1 aromatic heterocycles. The lowest BCUT2D eigenvalue weighted by Gasteiger charge is -2.10. The molecule has 7 nitrogen and oxygen atoms in total. The molecule has 148 valence electrons. The van der Waals surface area contributed by atoms with Gasteiger partial charge in [0.15, 0.2) is 12.2 Å². The Bertz CT molecular complexity index is 1060. The Hall–Kier alpha value is -2.48. The minimum absolute atomic E-state index is 0.224. The number of nitrogens with zero attached hydrogens (tertiary/aromatic N) is 2. The van der Waals surface area contributed by atoms with Crippen molar-refractivity contribution in [3.05, 3.63) is 57.0 Å². The molecule has 0 aliphatic rings. The van der Waals surface area contributed by atoms with Gasteiger partial charge in [0.25, 0.3) is 5.91 Å². The highest BCUT2D eigenvalue weighted by Crippen LogP contribution is 2.27. The molecule has 0 unspecified atom stereocenters. The maximum Gasteiger partial charge on any atom is 0.419 e. The minimum Gasteiger partial charge on any atom is -0.482 e. The highest BCUT2D eigenvalue weighted by molar-refractivity contribution is 6.35. The Kier molecular flexibility index (Phi) is 6.28. The summed E-state index contributed by atoms with van der Waals surface area (Å²) in [4.78, 5) is 26.2. The Morgan fingerprint density at radius 3 is 2.71 bits per heavy atom. The smallest absolute Gasteiger partial charge is 0.419 e. The largest absolute Gasteiger partial charge is 0.482 e. The van der Waals surface area contributed by atoms with E-state index in [0.29, 0.717) is 45.7 Å². The van der Waals surface area contributed by atoms with Gasteiger partial charge in [-0.05, 0) is 50.5 Å². The van der Waals surface area contributed by atoms with Gasteiger partial charge in [-0.3, -0.25) is 9.36 Å². The van der Waals surface area contributed by atoms with Crippen LogP contribution in [0.15, 0.2) is 45.6 Å². The summed E-state index contributed by atoms with van der Waals surface area (Å²) in [6.45, 7) is 0.938. The van der Waals surface area contributed by atoms with Crippen LogP contribution >= 0.6 is 23.2 Å². The van der Waals surface area contributed by atoms with Crippen molar-refractivity contribution in [2.24, 2.45) is 0 Å². The van der Waals surface area contributed by atoms with E-state index in [9.17, 15) is 9.59 Å².